The van der Waals surface area contributed by atoms with E-state index in [1.807, 2.05) is 13.0 Å². The van der Waals surface area contributed by atoms with E-state index in [1.165, 1.54) is 0 Å². The molecule has 0 N–H and O–H groups in total. The van der Waals surface area contributed by atoms with E-state index in [9.17, 15) is 4.39 Å². The van der Waals surface area contributed by atoms with E-state index in [0.717, 1.165) is 48.8 Å². The molecule has 0 unspecified atom stereocenters. The van der Waals surface area contributed by atoms with Gasteiger partial charge in [0.25, 0.3) is 0 Å². The monoisotopic (exact) mass is 397 g/mol. The smallest absolute Gasteiger partial charge is 0.209 e. The largest absolute Gasteiger partial charge is 0.439 e. The number of ether oxygens (including phenoxy) is 1. The van der Waals surface area contributed by atoms with Gasteiger partial charge in [-0.05, 0) is 31.5 Å². The summed E-state index contributed by atoms with van der Waals surface area (Å²) >= 11 is 0. The quantitative estimate of drug-likeness (QED) is 0.671. The molecule has 8 heteroatoms. The highest BCUT2D eigenvalue weighted by Crippen LogP contribution is 2.35. The number of anilines is 1. The van der Waals surface area contributed by atoms with Crippen LogP contribution in [0.3, 0.4) is 0 Å². The number of halogens is 1. The molecular weight excluding hydrogens is 373 g/mol. The highest BCUT2D eigenvalue weighted by Gasteiger charge is 2.41. The van der Waals surface area contributed by atoms with Gasteiger partial charge in [0.1, 0.15) is 17.7 Å². The van der Waals surface area contributed by atoms with Crippen LogP contribution in [-0.2, 0) is 17.0 Å². The lowest BCUT2D eigenvalue weighted by atomic mass is 9.94. The molecule has 7 nitrogen and oxygen atoms in total. The van der Waals surface area contributed by atoms with Crippen LogP contribution in [0.2, 0.25) is 0 Å². The van der Waals surface area contributed by atoms with Gasteiger partial charge in [0, 0.05) is 37.4 Å². The number of piperazine rings is 1. The van der Waals surface area contributed by atoms with Gasteiger partial charge in [0.15, 0.2) is 11.3 Å². The summed E-state index contributed by atoms with van der Waals surface area (Å²) in [6.07, 6.45) is 1.63. The molecule has 29 heavy (non-hydrogen) atoms. The Bertz CT molecular complexity index is 1040. The van der Waals surface area contributed by atoms with Crippen LogP contribution >= 0.6 is 0 Å². The number of rotatable bonds is 4. The van der Waals surface area contributed by atoms with Crippen molar-refractivity contribution < 1.29 is 13.5 Å². The average Bonchev–Trinajstić information content (AvgIpc) is 3.10. The zero-order valence-corrected chi connectivity index (χ0v) is 16.7. The average molecular weight is 397 g/mol. The normalized spacial score (nSPS) is 19.5. The van der Waals surface area contributed by atoms with Gasteiger partial charge in [-0.1, -0.05) is 6.07 Å². The SMILES string of the molecule is Cc1ncnc(N2CCN(Cc3nc4ccc(C5(F)COC5)cc4o3)CC2)c1C. The van der Waals surface area contributed by atoms with Crippen molar-refractivity contribution in [1.29, 1.82) is 0 Å². The van der Waals surface area contributed by atoms with E-state index in [2.05, 4.69) is 31.7 Å². The van der Waals surface area contributed by atoms with Gasteiger partial charge in [-0.25, -0.2) is 19.3 Å². The maximum Gasteiger partial charge on any atom is 0.209 e. The minimum absolute atomic E-state index is 0.106. The van der Waals surface area contributed by atoms with Crippen molar-refractivity contribution in [3.05, 3.63) is 47.2 Å². The Morgan fingerprint density at radius 3 is 2.62 bits per heavy atom. The van der Waals surface area contributed by atoms with Crippen molar-refractivity contribution >= 4 is 16.9 Å². The molecule has 3 aromatic rings. The fourth-order valence-electron chi connectivity index (χ4n) is 3.92. The lowest BCUT2D eigenvalue weighted by Crippen LogP contribution is -2.46. The first-order valence-corrected chi connectivity index (χ1v) is 9.94. The van der Waals surface area contributed by atoms with Crippen molar-refractivity contribution in [2.45, 2.75) is 26.1 Å². The van der Waals surface area contributed by atoms with Crippen molar-refractivity contribution in [1.82, 2.24) is 19.9 Å². The first-order valence-electron chi connectivity index (χ1n) is 9.94. The molecule has 2 aliphatic heterocycles. The molecule has 0 bridgehead atoms. The third kappa shape index (κ3) is 3.36. The van der Waals surface area contributed by atoms with Crippen LogP contribution in [0.15, 0.2) is 28.9 Å². The molecule has 5 rings (SSSR count). The van der Waals surface area contributed by atoms with Crippen LogP contribution in [0, 0.1) is 13.8 Å². The fourth-order valence-corrected chi connectivity index (χ4v) is 3.92. The van der Waals surface area contributed by atoms with E-state index in [0.29, 0.717) is 23.6 Å². The molecule has 2 saturated heterocycles. The predicted octanol–water partition coefficient (Wildman–Crippen LogP) is 2.75. The third-order valence-electron chi connectivity index (χ3n) is 5.95. The number of benzene rings is 1. The van der Waals surface area contributed by atoms with Crippen LogP contribution in [0.4, 0.5) is 10.2 Å². The summed E-state index contributed by atoms with van der Waals surface area (Å²) in [6, 6.07) is 5.37. The van der Waals surface area contributed by atoms with E-state index in [1.54, 1.807) is 18.5 Å². The maximum absolute atomic E-state index is 14.6. The van der Waals surface area contributed by atoms with Crippen LogP contribution < -0.4 is 4.90 Å². The number of aromatic nitrogens is 3. The van der Waals surface area contributed by atoms with Gasteiger partial charge in [0.2, 0.25) is 5.89 Å². The van der Waals surface area contributed by atoms with E-state index in [-0.39, 0.29) is 13.2 Å². The molecular formula is C21H24FN5O2. The number of nitrogens with zero attached hydrogens (tertiary/aromatic N) is 5. The third-order valence-corrected chi connectivity index (χ3v) is 5.95. The zero-order chi connectivity index (χ0) is 20.0. The summed E-state index contributed by atoms with van der Waals surface area (Å²) in [4.78, 5) is 17.9. The minimum Gasteiger partial charge on any atom is -0.439 e. The van der Waals surface area contributed by atoms with Crippen LogP contribution in [0.1, 0.15) is 22.7 Å². The van der Waals surface area contributed by atoms with Crippen LogP contribution in [0.5, 0.6) is 0 Å². The van der Waals surface area contributed by atoms with Gasteiger partial charge in [-0.2, -0.15) is 0 Å². The van der Waals surface area contributed by atoms with Gasteiger partial charge in [0.05, 0.1) is 19.8 Å². The summed E-state index contributed by atoms with van der Waals surface area (Å²) in [6.45, 7) is 8.53. The molecule has 2 aliphatic rings. The first kappa shape index (κ1) is 18.4. The highest BCUT2D eigenvalue weighted by molar-refractivity contribution is 5.73. The molecule has 0 aliphatic carbocycles. The first-order chi connectivity index (χ1) is 14.0. The Balaban J connectivity index is 1.25. The second-order valence-corrected chi connectivity index (χ2v) is 7.92. The molecule has 0 radical (unpaired) electrons. The molecule has 152 valence electrons. The Kier molecular flexibility index (Phi) is 4.48. The predicted molar refractivity (Wildman–Crippen MR) is 107 cm³/mol. The number of aryl methyl sites for hydroxylation is 1. The number of hydrogen-bond acceptors (Lipinski definition) is 7. The molecule has 2 fully saturated rings. The van der Waals surface area contributed by atoms with E-state index in [4.69, 9.17) is 9.15 Å². The van der Waals surface area contributed by atoms with Crippen molar-refractivity contribution in [3.63, 3.8) is 0 Å². The number of hydrogen-bond donors (Lipinski definition) is 0. The lowest BCUT2D eigenvalue weighted by Gasteiger charge is -2.35. The summed E-state index contributed by atoms with van der Waals surface area (Å²) in [5.74, 6) is 1.68. The van der Waals surface area contributed by atoms with Gasteiger partial charge >= 0.3 is 0 Å². The van der Waals surface area contributed by atoms with Gasteiger partial charge < -0.3 is 14.1 Å². The Labute approximate surface area is 168 Å². The second-order valence-electron chi connectivity index (χ2n) is 7.92. The van der Waals surface area contributed by atoms with Crippen molar-refractivity contribution in [2.24, 2.45) is 0 Å². The highest BCUT2D eigenvalue weighted by atomic mass is 19.1. The van der Waals surface area contributed by atoms with Crippen molar-refractivity contribution in [2.75, 3.05) is 44.3 Å². The molecule has 0 amide bonds. The molecule has 4 heterocycles. The maximum atomic E-state index is 14.6. The van der Waals surface area contributed by atoms with E-state index >= 15 is 0 Å². The second kappa shape index (κ2) is 7.03. The van der Waals surface area contributed by atoms with E-state index < -0.39 is 5.67 Å². The number of alkyl halides is 1. The van der Waals surface area contributed by atoms with Gasteiger partial charge in [-0.15, -0.1) is 0 Å². The van der Waals surface area contributed by atoms with Crippen LogP contribution in [0.25, 0.3) is 11.1 Å². The van der Waals surface area contributed by atoms with Crippen molar-refractivity contribution in [3.8, 4) is 0 Å². The fraction of sp³-hybridized carbons (Fsp3) is 0.476. The molecule has 0 saturated carbocycles. The molecule has 0 atom stereocenters. The molecule has 2 aromatic heterocycles. The number of fused-ring (bicyclic) bond motifs is 1. The summed E-state index contributed by atoms with van der Waals surface area (Å²) < 4.78 is 25.5. The zero-order valence-electron chi connectivity index (χ0n) is 16.7. The Morgan fingerprint density at radius 1 is 1.10 bits per heavy atom. The lowest BCUT2D eigenvalue weighted by molar-refractivity contribution is -0.135. The van der Waals surface area contributed by atoms with Gasteiger partial charge in [-0.3, -0.25) is 4.90 Å². The molecule has 0 spiro atoms. The summed E-state index contributed by atoms with van der Waals surface area (Å²) in [5.41, 5.74) is 2.76. The Hall–Kier alpha value is -2.58. The number of oxazole rings is 1. The standard InChI is InChI=1S/C21H24FN5O2/c1-14-15(2)23-13-24-20(14)27-7-5-26(6-8-27)10-19-25-17-4-3-16(9-18(17)29-19)21(22)11-28-12-21/h3-4,9,13H,5-8,10-12H2,1-2H3. The minimum atomic E-state index is -1.39. The summed E-state index contributed by atoms with van der Waals surface area (Å²) in [5, 5.41) is 0. The van der Waals surface area contributed by atoms with Crippen LogP contribution in [-0.4, -0.2) is 59.2 Å². The molecule has 1 aromatic carbocycles. The summed E-state index contributed by atoms with van der Waals surface area (Å²) in [7, 11) is 0. The Morgan fingerprint density at radius 2 is 1.90 bits per heavy atom. The topological polar surface area (TPSA) is 67.5 Å².